The van der Waals surface area contributed by atoms with Gasteiger partial charge in [-0.05, 0) is 30.7 Å². The molecule has 0 spiro atoms. The average Bonchev–Trinajstić information content (AvgIpc) is 2.65. The zero-order valence-corrected chi connectivity index (χ0v) is 15.2. The van der Waals surface area contributed by atoms with Crippen molar-refractivity contribution in [2.75, 3.05) is 42.9 Å². The largest absolute Gasteiger partial charge is 0.369 e. The summed E-state index contributed by atoms with van der Waals surface area (Å²) in [6.45, 7) is 5.32. The van der Waals surface area contributed by atoms with E-state index in [1.165, 1.54) is 29.4 Å². The minimum atomic E-state index is -0.733. The number of imide groups is 1. The van der Waals surface area contributed by atoms with Crippen LogP contribution in [0.3, 0.4) is 0 Å². The number of carbonyl (C=O) groups is 2. The number of anilines is 2. The van der Waals surface area contributed by atoms with Crippen molar-refractivity contribution in [2.24, 2.45) is 0 Å². The average molecular weight is 370 g/mol. The van der Waals surface area contributed by atoms with E-state index in [-0.39, 0.29) is 12.2 Å². The monoisotopic (exact) mass is 370 g/mol. The molecule has 2 aromatic carbocycles. The molecule has 1 saturated heterocycles. The Morgan fingerprint density at radius 3 is 2.37 bits per heavy atom. The number of piperazine rings is 1. The van der Waals surface area contributed by atoms with Crippen LogP contribution in [0, 0.1) is 12.7 Å². The number of hydrogen-bond donors (Lipinski definition) is 2. The number of amides is 3. The summed E-state index contributed by atoms with van der Waals surface area (Å²) >= 11 is 0. The summed E-state index contributed by atoms with van der Waals surface area (Å²) in [5.74, 6) is -0.958. The second-order valence-electron chi connectivity index (χ2n) is 6.53. The van der Waals surface area contributed by atoms with Crippen LogP contribution in [-0.4, -0.2) is 49.6 Å². The summed E-state index contributed by atoms with van der Waals surface area (Å²) in [5.41, 5.74) is 2.48. The Labute approximate surface area is 158 Å². The first kappa shape index (κ1) is 18.8. The molecule has 0 bridgehead atoms. The van der Waals surface area contributed by atoms with Gasteiger partial charge in [0.25, 0.3) is 0 Å². The highest BCUT2D eigenvalue weighted by Crippen LogP contribution is 2.20. The Hall–Kier alpha value is -2.93. The van der Waals surface area contributed by atoms with Crippen molar-refractivity contribution in [2.45, 2.75) is 6.92 Å². The van der Waals surface area contributed by atoms with Crippen LogP contribution < -0.4 is 15.5 Å². The lowest BCUT2D eigenvalue weighted by atomic mass is 10.1. The Kier molecular flexibility index (Phi) is 6.03. The summed E-state index contributed by atoms with van der Waals surface area (Å²) in [6.07, 6.45) is 0. The quantitative estimate of drug-likeness (QED) is 0.868. The predicted octanol–water partition coefficient (Wildman–Crippen LogP) is 2.60. The summed E-state index contributed by atoms with van der Waals surface area (Å²) in [7, 11) is 0. The van der Waals surface area contributed by atoms with Crippen LogP contribution in [-0.2, 0) is 4.79 Å². The van der Waals surface area contributed by atoms with Crippen molar-refractivity contribution >= 4 is 23.3 Å². The van der Waals surface area contributed by atoms with E-state index in [1.54, 1.807) is 6.07 Å². The third kappa shape index (κ3) is 5.04. The highest BCUT2D eigenvalue weighted by molar-refractivity contribution is 6.01. The van der Waals surface area contributed by atoms with Crippen LogP contribution >= 0.6 is 0 Å². The molecular weight excluding hydrogens is 347 g/mol. The van der Waals surface area contributed by atoms with Crippen LogP contribution in [0.2, 0.25) is 0 Å². The molecule has 1 heterocycles. The van der Waals surface area contributed by atoms with Gasteiger partial charge >= 0.3 is 6.03 Å². The number of benzene rings is 2. The number of para-hydroxylation sites is 2. The molecule has 3 rings (SSSR count). The van der Waals surface area contributed by atoms with Gasteiger partial charge in [0.15, 0.2) is 0 Å². The maximum Gasteiger partial charge on any atom is 0.326 e. The molecule has 2 aromatic rings. The number of urea groups is 1. The zero-order chi connectivity index (χ0) is 19.2. The van der Waals surface area contributed by atoms with E-state index in [0.29, 0.717) is 0 Å². The molecule has 1 aliphatic heterocycles. The van der Waals surface area contributed by atoms with Gasteiger partial charge in [0.1, 0.15) is 5.82 Å². The first-order valence-corrected chi connectivity index (χ1v) is 8.91. The first-order valence-electron chi connectivity index (χ1n) is 8.91. The van der Waals surface area contributed by atoms with E-state index >= 15 is 0 Å². The predicted molar refractivity (Wildman–Crippen MR) is 103 cm³/mol. The fourth-order valence-electron chi connectivity index (χ4n) is 3.15. The van der Waals surface area contributed by atoms with Gasteiger partial charge < -0.3 is 10.2 Å². The van der Waals surface area contributed by atoms with Crippen molar-refractivity contribution in [3.63, 3.8) is 0 Å². The van der Waals surface area contributed by atoms with Gasteiger partial charge in [-0.3, -0.25) is 15.0 Å². The molecule has 6 nitrogen and oxygen atoms in total. The number of nitrogens with zero attached hydrogens (tertiary/aromatic N) is 2. The van der Waals surface area contributed by atoms with Gasteiger partial charge in [0, 0.05) is 31.9 Å². The minimum Gasteiger partial charge on any atom is -0.369 e. The maximum absolute atomic E-state index is 13.5. The highest BCUT2D eigenvalue weighted by atomic mass is 19.1. The molecule has 0 unspecified atom stereocenters. The van der Waals surface area contributed by atoms with E-state index in [4.69, 9.17) is 0 Å². The van der Waals surface area contributed by atoms with E-state index in [0.717, 1.165) is 26.2 Å². The summed E-state index contributed by atoms with van der Waals surface area (Å²) in [4.78, 5) is 28.2. The van der Waals surface area contributed by atoms with Crippen molar-refractivity contribution < 1.29 is 14.0 Å². The van der Waals surface area contributed by atoms with Gasteiger partial charge in [0.2, 0.25) is 5.91 Å². The molecule has 1 fully saturated rings. The molecule has 27 heavy (non-hydrogen) atoms. The van der Waals surface area contributed by atoms with Crippen LogP contribution in [0.15, 0.2) is 48.5 Å². The first-order chi connectivity index (χ1) is 13.0. The van der Waals surface area contributed by atoms with Crippen LogP contribution in [0.4, 0.5) is 20.6 Å². The minimum absolute atomic E-state index is 0.0367. The van der Waals surface area contributed by atoms with Gasteiger partial charge in [-0.2, -0.15) is 0 Å². The number of nitrogens with one attached hydrogen (secondary N) is 2. The molecule has 7 heteroatoms. The Morgan fingerprint density at radius 2 is 1.67 bits per heavy atom. The Morgan fingerprint density at radius 1 is 1.00 bits per heavy atom. The number of hydrogen-bond acceptors (Lipinski definition) is 4. The Bertz CT molecular complexity index is 819. The molecular formula is C20H23FN4O2. The van der Waals surface area contributed by atoms with E-state index < -0.39 is 17.8 Å². The smallest absolute Gasteiger partial charge is 0.326 e. The maximum atomic E-state index is 13.5. The standard InChI is InChI=1S/C20H23FN4O2/c1-15-6-2-5-9-18(15)25-12-10-24(11-13-25)14-19(26)23-20(27)22-17-8-4-3-7-16(17)21/h2-9H,10-14H2,1H3,(H2,22,23,26,27). The lowest BCUT2D eigenvalue weighted by Crippen LogP contribution is -2.50. The van der Waals surface area contributed by atoms with Crippen LogP contribution in [0.5, 0.6) is 0 Å². The van der Waals surface area contributed by atoms with Gasteiger partial charge in [0.05, 0.1) is 12.2 Å². The second kappa shape index (κ2) is 8.64. The highest BCUT2D eigenvalue weighted by Gasteiger charge is 2.21. The lowest BCUT2D eigenvalue weighted by Gasteiger charge is -2.36. The number of halogens is 1. The fourth-order valence-corrected chi connectivity index (χ4v) is 3.15. The van der Waals surface area contributed by atoms with Gasteiger partial charge in [-0.25, -0.2) is 9.18 Å². The normalized spacial score (nSPS) is 14.7. The lowest BCUT2D eigenvalue weighted by molar-refractivity contribution is -0.121. The third-order valence-electron chi connectivity index (χ3n) is 4.57. The molecule has 0 saturated carbocycles. The van der Waals surface area contributed by atoms with Gasteiger partial charge in [-0.15, -0.1) is 0 Å². The van der Waals surface area contributed by atoms with Crippen LogP contribution in [0.1, 0.15) is 5.56 Å². The van der Waals surface area contributed by atoms with E-state index in [1.807, 2.05) is 17.0 Å². The van der Waals surface area contributed by atoms with Crippen molar-refractivity contribution in [3.8, 4) is 0 Å². The Balaban J connectivity index is 1.45. The summed E-state index contributed by atoms with van der Waals surface area (Å²) < 4.78 is 13.5. The summed E-state index contributed by atoms with van der Waals surface area (Å²) in [6, 6.07) is 13.3. The van der Waals surface area contributed by atoms with E-state index in [9.17, 15) is 14.0 Å². The summed E-state index contributed by atoms with van der Waals surface area (Å²) in [5, 5.41) is 4.58. The third-order valence-corrected chi connectivity index (χ3v) is 4.57. The second-order valence-corrected chi connectivity index (χ2v) is 6.53. The molecule has 3 amide bonds. The molecule has 0 radical (unpaired) electrons. The molecule has 0 atom stereocenters. The SMILES string of the molecule is Cc1ccccc1N1CCN(CC(=O)NC(=O)Nc2ccccc2F)CC1. The molecule has 1 aliphatic rings. The topological polar surface area (TPSA) is 64.7 Å². The van der Waals surface area contributed by atoms with Crippen LogP contribution in [0.25, 0.3) is 0 Å². The van der Waals surface area contributed by atoms with Crippen molar-refractivity contribution in [1.29, 1.82) is 0 Å². The fraction of sp³-hybridized carbons (Fsp3) is 0.300. The van der Waals surface area contributed by atoms with Crippen molar-refractivity contribution in [3.05, 3.63) is 59.9 Å². The van der Waals surface area contributed by atoms with Crippen molar-refractivity contribution in [1.82, 2.24) is 10.2 Å². The van der Waals surface area contributed by atoms with E-state index in [2.05, 4.69) is 34.6 Å². The molecule has 0 aromatic heterocycles. The molecule has 0 aliphatic carbocycles. The number of rotatable bonds is 4. The molecule has 142 valence electrons. The van der Waals surface area contributed by atoms with Gasteiger partial charge in [-0.1, -0.05) is 30.3 Å². The number of carbonyl (C=O) groups excluding carboxylic acids is 2. The number of aryl methyl sites for hydroxylation is 1. The molecule has 2 N–H and O–H groups in total. The zero-order valence-electron chi connectivity index (χ0n) is 15.2.